The van der Waals surface area contributed by atoms with Crippen molar-refractivity contribution < 1.29 is 8.42 Å². The van der Waals surface area contributed by atoms with Gasteiger partial charge in [-0.3, -0.25) is 5.41 Å². The highest BCUT2D eigenvalue weighted by Gasteiger charge is 2.16. The minimum absolute atomic E-state index is 0.0113. The summed E-state index contributed by atoms with van der Waals surface area (Å²) in [7, 11) is -3.68. The summed E-state index contributed by atoms with van der Waals surface area (Å²) in [6.07, 6.45) is 0.410. The second-order valence-electron chi connectivity index (χ2n) is 7.68. The van der Waals surface area contributed by atoms with Crippen molar-refractivity contribution in [3.63, 3.8) is 0 Å². The molecular weight excluding hydrogens is 438 g/mol. The quantitative estimate of drug-likeness (QED) is 0.187. The highest BCUT2D eigenvalue weighted by molar-refractivity contribution is 7.89. The van der Waals surface area contributed by atoms with Gasteiger partial charge in [-0.15, -0.1) is 0 Å². The molecule has 33 heavy (non-hydrogen) atoms. The number of H-pyrrole nitrogens is 2. The van der Waals surface area contributed by atoms with Gasteiger partial charge in [0.15, 0.2) is 0 Å². The molecule has 9 nitrogen and oxygen atoms in total. The fraction of sp³-hybridized carbons (Fsp3) is 0.0870. The molecule has 0 saturated heterocycles. The number of rotatable bonds is 7. The molecule has 0 spiro atoms. The number of aromatic amines is 2. The molecule has 166 valence electrons. The minimum atomic E-state index is -3.68. The van der Waals surface area contributed by atoms with E-state index in [-0.39, 0.29) is 17.3 Å². The summed E-state index contributed by atoms with van der Waals surface area (Å²) in [6, 6.07) is 19.5. The Labute approximate surface area is 189 Å². The normalized spacial score (nSPS) is 11.9. The number of amidine groups is 1. The van der Waals surface area contributed by atoms with Crippen LogP contribution in [0.25, 0.3) is 22.1 Å². The maximum absolute atomic E-state index is 12.7. The van der Waals surface area contributed by atoms with Crippen LogP contribution >= 0.6 is 0 Å². The van der Waals surface area contributed by atoms with E-state index in [1.165, 1.54) is 0 Å². The molecule has 2 heterocycles. The van der Waals surface area contributed by atoms with Gasteiger partial charge in [0.05, 0.1) is 33.4 Å². The second kappa shape index (κ2) is 8.15. The van der Waals surface area contributed by atoms with Crippen LogP contribution in [0.15, 0.2) is 71.6 Å². The number of benzene rings is 3. The van der Waals surface area contributed by atoms with Gasteiger partial charge >= 0.3 is 0 Å². The smallest absolute Gasteiger partial charge is 0.240 e. The SMILES string of the molecule is N=C(N)c1ccc2[nH]c(Cc3nc4cc(S(=O)(=O)NCc5ccccc5)ccc4[nH]3)nc2c1. The van der Waals surface area contributed by atoms with E-state index in [1.54, 1.807) is 30.3 Å². The van der Waals surface area contributed by atoms with Crippen molar-refractivity contribution >= 4 is 37.9 Å². The highest BCUT2D eigenvalue weighted by atomic mass is 32.2. The van der Waals surface area contributed by atoms with E-state index in [1.807, 2.05) is 36.4 Å². The summed E-state index contributed by atoms with van der Waals surface area (Å²) in [6.45, 7) is 0.213. The average molecular weight is 460 g/mol. The Hall–Kier alpha value is -4.02. The van der Waals surface area contributed by atoms with E-state index in [0.717, 1.165) is 16.6 Å². The number of nitrogen functional groups attached to an aromatic ring is 1. The van der Waals surface area contributed by atoms with Crippen molar-refractivity contribution in [2.75, 3.05) is 0 Å². The van der Waals surface area contributed by atoms with Gasteiger partial charge in [-0.1, -0.05) is 30.3 Å². The Balaban J connectivity index is 1.37. The molecule has 0 atom stereocenters. The fourth-order valence-electron chi connectivity index (χ4n) is 3.62. The van der Waals surface area contributed by atoms with Gasteiger partial charge in [-0.05, 0) is 42.0 Å². The molecule has 2 aromatic heterocycles. The Morgan fingerprint density at radius 2 is 1.55 bits per heavy atom. The van der Waals surface area contributed by atoms with Crippen LogP contribution in [0.3, 0.4) is 0 Å². The number of sulfonamides is 1. The molecule has 0 amide bonds. The zero-order valence-corrected chi connectivity index (χ0v) is 18.3. The Morgan fingerprint density at radius 1 is 0.909 bits per heavy atom. The lowest BCUT2D eigenvalue weighted by atomic mass is 10.2. The van der Waals surface area contributed by atoms with Crippen molar-refractivity contribution in [3.8, 4) is 0 Å². The molecule has 3 aromatic carbocycles. The molecule has 5 rings (SSSR count). The first-order chi connectivity index (χ1) is 15.9. The van der Waals surface area contributed by atoms with Crippen molar-refractivity contribution in [1.82, 2.24) is 24.7 Å². The third-order valence-electron chi connectivity index (χ3n) is 5.30. The van der Waals surface area contributed by atoms with Gasteiger partial charge in [-0.2, -0.15) is 0 Å². The van der Waals surface area contributed by atoms with Crippen LogP contribution in [0.4, 0.5) is 0 Å². The van der Waals surface area contributed by atoms with E-state index < -0.39 is 10.0 Å². The average Bonchev–Trinajstić information content (AvgIpc) is 3.40. The van der Waals surface area contributed by atoms with E-state index in [0.29, 0.717) is 34.7 Å². The van der Waals surface area contributed by atoms with Crippen molar-refractivity contribution in [2.45, 2.75) is 17.9 Å². The summed E-state index contributed by atoms with van der Waals surface area (Å²) < 4.78 is 28.1. The van der Waals surface area contributed by atoms with Crippen LogP contribution in [0.5, 0.6) is 0 Å². The van der Waals surface area contributed by atoms with E-state index in [9.17, 15) is 8.42 Å². The lowest BCUT2D eigenvalue weighted by molar-refractivity contribution is 0.581. The van der Waals surface area contributed by atoms with Gasteiger partial charge < -0.3 is 15.7 Å². The number of imidazole rings is 2. The van der Waals surface area contributed by atoms with Gasteiger partial charge in [-0.25, -0.2) is 23.1 Å². The van der Waals surface area contributed by atoms with Gasteiger partial charge in [0.2, 0.25) is 10.0 Å². The number of nitrogens with one attached hydrogen (secondary N) is 4. The zero-order chi connectivity index (χ0) is 23.0. The summed E-state index contributed by atoms with van der Waals surface area (Å²) in [5, 5.41) is 7.57. The highest BCUT2D eigenvalue weighted by Crippen LogP contribution is 2.20. The van der Waals surface area contributed by atoms with Crippen LogP contribution in [-0.4, -0.2) is 34.2 Å². The van der Waals surface area contributed by atoms with Crippen LogP contribution in [-0.2, 0) is 23.0 Å². The van der Waals surface area contributed by atoms with E-state index in [2.05, 4.69) is 24.7 Å². The monoisotopic (exact) mass is 459 g/mol. The maximum Gasteiger partial charge on any atom is 0.240 e. The molecule has 0 radical (unpaired) electrons. The Bertz CT molecular complexity index is 1590. The number of nitrogens with two attached hydrogens (primary N) is 1. The van der Waals surface area contributed by atoms with E-state index >= 15 is 0 Å². The molecule has 0 aliphatic heterocycles. The minimum Gasteiger partial charge on any atom is -0.384 e. The standard InChI is InChI=1S/C23H21N7O2S/c24-23(25)15-6-8-17-19(10-15)29-21(27-17)12-22-28-18-9-7-16(11-20(18)30-22)33(31,32)26-13-14-4-2-1-3-5-14/h1-11,26H,12-13H2,(H3,24,25)(H,27,29)(H,28,30). The second-order valence-corrected chi connectivity index (χ2v) is 9.45. The first-order valence-electron chi connectivity index (χ1n) is 10.2. The fourth-order valence-corrected chi connectivity index (χ4v) is 4.65. The predicted molar refractivity (Wildman–Crippen MR) is 126 cm³/mol. The van der Waals surface area contributed by atoms with Gasteiger partial charge in [0, 0.05) is 12.1 Å². The van der Waals surface area contributed by atoms with Crippen LogP contribution < -0.4 is 10.5 Å². The summed E-state index contributed by atoms with van der Waals surface area (Å²) in [5.74, 6) is 1.34. The maximum atomic E-state index is 12.7. The Morgan fingerprint density at radius 3 is 2.21 bits per heavy atom. The molecule has 0 aliphatic carbocycles. The lowest BCUT2D eigenvalue weighted by Gasteiger charge is -2.06. The molecule has 5 aromatic rings. The van der Waals surface area contributed by atoms with Crippen LogP contribution in [0, 0.1) is 5.41 Å². The topological polar surface area (TPSA) is 153 Å². The zero-order valence-electron chi connectivity index (χ0n) is 17.5. The first-order valence-corrected chi connectivity index (χ1v) is 11.7. The number of hydrogen-bond acceptors (Lipinski definition) is 5. The third-order valence-corrected chi connectivity index (χ3v) is 6.70. The molecule has 0 saturated carbocycles. The lowest BCUT2D eigenvalue weighted by Crippen LogP contribution is -2.23. The predicted octanol–water partition coefficient (Wildman–Crippen LogP) is 2.79. The van der Waals surface area contributed by atoms with Gasteiger partial charge in [0.25, 0.3) is 0 Å². The van der Waals surface area contributed by atoms with Crippen LogP contribution in [0.2, 0.25) is 0 Å². The molecule has 6 N–H and O–H groups in total. The van der Waals surface area contributed by atoms with E-state index in [4.69, 9.17) is 11.1 Å². The van der Waals surface area contributed by atoms with Gasteiger partial charge in [0.1, 0.15) is 17.5 Å². The number of aromatic nitrogens is 4. The summed E-state index contributed by atoms with van der Waals surface area (Å²) >= 11 is 0. The van der Waals surface area contributed by atoms with Crippen molar-refractivity contribution in [1.29, 1.82) is 5.41 Å². The van der Waals surface area contributed by atoms with Crippen molar-refractivity contribution in [3.05, 3.63) is 89.5 Å². The summed E-state index contributed by atoms with van der Waals surface area (Å²) in [4.78, 5) is 15.7. The Kier molecular flexibility index (Phi) is 5.15. The third kappa shape index (κ3) is 4.34. The molecule has 0 unspecified atom stereocenters. The van der Waals surface area contributed by atoms with Crippen LogP contribution in [0.1, 0.15) is 22.8 Å². The molecular formula is C23H21N7O2S. The van der Waals surface area contributed by atoms with Crippen molar-refractivity contribution in [2.24, 2.45) is 5.73 Å². The number of nitrogens with zero attached hydrogens (tertiary/aromatic N) is 2. The molecule has 10 heteroatoms. The molecule has 0 fully saturated rings. The number of fused-ring (bicyclic) bond motifs is 2. The first kappa shape index (κ1) is 20.9. The molecule has 0 bridgehead atoms. The molecule has 0 aliphatic rings. The number of hydrogen-bond donors (Lipinski definition) is 5. The largest absolute Gasteiger partial charge is 0.384 e. The summed E-state index contributed by atoms with van der Waals surface area (Å²) in [5.41, 5.74) is 9.89.